The minimum Gasteiger partial charge on any atom is -0.497 e. The zero-order chi connectivity index (χ0) is 29.8. The number of anilines is 1. The Morgan fingerprint density at radius 3 is 2.47 bits per heavy atom. The Hall–Kier alpha value is -4.96. The van der Waals surface area contributed by atoms with Gasteiger partial charge in [0.15, 0.2) is 0 Å². The first-order chi connectivity index (χ1) is 21.1. The number of benzene rings is 3. The average Bonchev–Trinajstić information content (AvgIpc) is 3.69. The molecule has 0 radical (unpaired) electrons. The lowest BCUT2D eigenvalue weighted by Crippen LogP contribution is -2.42. The summed E-state index contributed by atoms with van der Waals surface area (Å²) in [7, 11) is 3.25. The maximum absolute atomic E-state index is 13.9. The summed E-state index contributed by atoms with van der Waals surface area (Å²) >= 11 is 1.49. The van der Waals surface area contributed by atoms with Crippen molar-refractivity contribution in [3.8, 4) is 28.4 Å². The number of aromatic nitrogens is 2. The lowest BCUT2D eigenvalue weighted by atomic mass is 9.99. The van der Waals surface area contributed by atoms with E-state index in [1.54, 1.807) is 42.2 Å². The number of carbonyl (C=O) groups excluding carboxylic acids is 2. The second-order valence-corrected chi connectivity index (χ2v) is 10.9. The van der Waals surface area contributed by atoms with Crippen LogP contribution in [0.1, 0.15) is 22.1 Å². The van der Waals surface area contributed by atoms with Gasteiger partial charge in [0.25, 0.3) is 0 Å². The Morgan fingerprint density at radius 1 is 0.977 bits per heavy atom. The largest absolute Gasteiger partial charge is 0.497 e. The first-order valence-corrected chi connectivity index (χ1v) is 14.8. The number of fused-ring (bicyclic) bond motifs is 1. The number of furan rings is 1. The minimum atomic E-state index is -0.319. The summed E-state index contributed by atoms with van der Waals surface area (Å²) in [5, 5.41) is 7.69. The summed E-state index contributed by atoms with van der Waals surface area (Å²) in [6, 6.07) is 28.7. The number of amides is 2. The molecule has 3 heterocycles. The van der Waals surface area contributed by atoms with Crippen molar-refractivity contribution < 1.29 is 23.5 Å². The highest BCUT2D eigenvalue weighted by Gasteiger charge is 2.38. The summed E-state index contributed by atoms with van der Waals surface area (Å²) in [4.78, 5) is 28.8. The molecule has 2 aromatic heterocycles. The molecule has 43 heavy (non-hydrogen) atoms. The van der Waals surface area contributed by atoms with Crippen molar-refractivity contribution in [2.75, 3.05) is 31.4 Å². The van der Waals surface area contributed by atoms with E-state index in [0.29, 0.717) is 28.8 Å². The van der Waals surface area contributed by atoms with Crippen LogP contribution in [0.5, 0.6) is 11.5 Å². The van der Waals surface area contributed by atoms with Crippen molar-refractivity contribution in [2.45, 2.75) is 11.8 Å². The van der Waals surface area contributed by atoms with Gasteiger partial charge in [0.2, 0.25) is 11.8 Å². The van der Waals surface area contributed by atoms with Crippen molar-refractivity contribution >= 4 is 29.4 Å². The monoisotopic (exact) mass is 594 g/mol. The smallest absolute Gasteiger partial charge is 0.240 e. The van der Waals surface area contributed by atoms with Gasteiger partial charge in [-0.15, -0.1) is 11.8 Å². The van der Waals surface area contributed by atoms with E-state index >= 15 is 0 Å². The molecule has 6 rings (SSSR count). The van der Waals surface area contributed by atoms with E-state index in [2.05, 4.69) is 5.32 Å². The van der Waals surface area contributed by atoms with Crippen molar-refractivity contribution in [3.63, 3.8) is 0 Å². The summed E-state index contributed by atoms with van der Waals surface area (Å²) in [5.41, 5.74) is 4.06. The van der Waals surface area contributed by atoms with Crippen LogP contribution in [0.2, 0.25) is 0 Å². The summed E-state index contributed by atoms with van der Waals surface area (Å²) in [6.07, 6.45) is 1.56. The predicted octanol–water partition coefficient (Wildman–Crippen LogP) is 5.64. The number of ether oxygens (including phenoxy) is 2. The highest BCUT2D eigenvalue weighted by atomic mass is 32.2. The molecular formula is C33H30N4O5S. The average molecular weight is 595 g/mol. The van der Waals surface area contributed by atoms with E-state index in [1.807, 2.05) is 78.9 Å². The number of hydrogen-bond acceptors (Lipinski definition) is 7. The Balaban J connectivity index is 1.55. The van der Waals surface area contributed by atoms with E-state index in [0.717, 1.165) is 22.4 Å². The Kier molecular flexibility index (Phi) is 8.19. The summed E-state index contributed by atoms with van der Waals surface area (Å²) in [5.74, 6) is 2.18. The maximum atomic E-state index is 13.9. The van der Waals surface area contributed by atoms with Crippen molar-refractivity contribution in [2.24, 2.45) is 0 Å². The number of nitrogens with one attached hydrogen (secondary N) is 1. The van der Waals surface area contributed by atoms with E-state index in [4.69, 9.17) is 19.0 Å². The van der Waals surface area contributed by atoms with Crippen molar-refractivity contribution in [1.82, 2.24) is 15.1 Å². The van der Waals surface area contributed by atoms with Gasteiger partial charge < -0.3 is 19.2 Å². The fourth-order valence-corrected chi connectivity index (χ4v) is 6.38. The number of thioether (sulfide) groups is 1. The molecule has 0 saturated heterocycles. The number of hydrogen-bond donors (Lipinski definition) is 1. The third-order valence-corrected chi connectivity index (χ3v) is 8.45. The molecule has 1 aliphatic rings. The lowest BCUT2D eigenvalue weighted by molar-refractivity contribution is -0.123. The fourth-order valence-electron chi connectivity index (χ4n) is 5.16. The molecule has 1 aliphatic heterocycles. The van der Waals surface area contributed by atoms with Crippen molar-refractivity contribution in [3.05, 3.63) is 114 Å². The van der Waals surface area contributed by atoms with Crippen LogP contribution in [0.25, 0.3) is 16.9 Å². The molecule has 1 atom stereocenters. The van der Waals surface area contributed by atoms with Crippen LogP contribution in [-0.4, -0.2) is 48.1 Å². The number of rotatable bonds is 9. The highest BCUT2D eigenvalue weighted by molar-refractivity contribution is 8.00. The molecule has 0 saturated carbocycles. The predicted molar refractivity (Wildman–Crippen MR) is 166 cm³/mol. The van der Waals surface area contributed by atoms with Gasteiger partial charge in [-0.3, -0.25) is 14.5 Å². The zero-order valence-electron chi connectivity index (χ0n) is 23.7. The highest BCUT2D eigenvalue weighted by Crippen LogP contribution is 2.50. The van der Waals surface area contributed by atoms with E-state index in [9.17, 15) is 9.59 Å². The van der Waals surface area contributed by atoms with Gasteiger partial charge in [0.1, 0.15) is 29.6 Å². The van der Waals surface area contributed by atoms with Crippen LogP contribution in [0.4, 0.5) is 5.82 Å². The van der Waals surface area contributed by atoms with Gasteiger partial charge >= 0.3 is 0 Å². The molecule has 0 fully saturated rings. The van der Waals surface area contributed by atoms with Crippen LogP contribution < -0.4 is 19.7 Å². The van der Waals surface area contributed by atoms with Crippen LogP contribution in [0.3, 0.4) is 0 Å². The van der Waals surface area contributed by atoms with Gasteiger partial charge in [-0.25, -0.2) is 4.68 Å². The maximum Gasteiger partial charge on any atom is 0.240 e. The molecule has 10 heteroatoms. The summed E-state index contributed by atoms with van der Waals surface area (Å²) < 4.78 is 18.3. The number of carbonyl (C=O) groups is 2. The fraction of sp³-hybridized carbons (Fsp3) is 0.182. The zero-order valence-corrected chi connectivity index (χ0v) is 24.5. The first-order valence-electron chi connectivity index (χ1n) is 13.7. The molecule has 1 N–H and O–H groups in total. The second kappa shape index (κ2) is 12.5. The first kappa shape index (κ1) is 28.2. The molecule has 0 bridgehead atoms. The Labute approximate surface area is 253 Å². The van der Waals surface area contributed by atoms with Crippen LogP contribution in [0, 0.1) is 0 Å². The van der Waals surface area contributed by atoms with E-state index in [1.165, 1.54) is 11.8 Å². The van der Waals surface area contributed by atoms with E-state index in [-0.39, 0.29) is 35.9 Å². The van der Waals surface area contributed by atoms with Gasteiger partial charge in [0, 0.05) is 16.7 Å². The third-order valence-electron chi connectivity index (χ3n) is 7.22. The van der Waals surface area contributed by atoms with Crippen LogP contribution in [-0.2, 0) is 16.1 Å². The molecule has 1 unspecified atom stereocenters. The summed E-state index contributed by atoms with van der Waals surface area (Å²) in [6.45, 7) is 0.0220. The lowest BCUT2D eigenvalue weighted by Gasteiger charge is -2.23. The molecule has 3 aromatic carbocycles. The standard InChI is InChI=1S/C33H30N4O5S/c1-40-24-16-14-23(15-17-24)37-33-30(31(35-37)22-9-4-3-5-10-22)32(26-12-6-7-13-27(26)41-2)43-21-29(39)36(33)20-28(38)34-19-25-11-8-18-42-25/h3-18,32H,19-21H2,1-2H3,(H,34,38). The molecule has 2 amide bonds. The molecule has 5 aromatic rings. The number of nitrogens with zero attached hydrogens (tertiary/aromatic N) is 3. The molecular weight excluding hydrogens is 564 g/mol. The SMILES string of the molecule is COc1ccc(-n2nc(-c3ccccc3)c3c2N(CC(=O)NCc2ccco2)C(=O)CSC3c2ccccc2OC)cc1. The normalized spacial score (nSPS) is 14.6. The van der Waals surface area contributed by atoms with Crippen LogP contribution in [0.15, 0.2) is 102 Å². The number of para-hydroxylation sites is 1. The van der Waals surface area contributed by atoms with Gasteiger partial charge in [0.05, 0.1) is 49.4 Å². The Morgan fingerprint density at radius 2 is 1.74 bits per heavy atom. The second-order valence-electron chi connectivity index (χ2n) is 9.83. The Bertz CT molecular complexity index is 1720. The number of methoxy groups -OCH3 is 2. The molecule has 9 nitrogen and oxygen atoms in total. The van der Waals surface area contributed by atoms with Crippen LogP contribution >= 0.6 is 11.8 Å². The van der Waals surface area contributed by atoms with Gasteiger partial charge in [-0.2, -0.15) is 5.10 Å². The van der Waals surface area contributed by atoms with Gasteiger partial charge in [-0.1, -0.05) is 48.5 Å². The third kappa shape index (κ3) is 5.74. The topological polar surface area (TPSA) is 98.8 Å². The molecule has 0 aliphatic carbocycles. The minimum absolute atomic E-state index is 0.152. The van der Waals surface area contributed by atoms with E-state index < -0.39 is 0 Å². The van der Waals surface area contributed by atoms with Gasteiger partial charge in [-0.05, 0) is 42.5 Å². The molecule has 0 spiro atoms. The quantitative estimate of drug-likeness (QED) is 0.236. The van der Waals surface area contributed by atoms with Crippen molar-refractivity contribution in [1.29, 1.82) is 0 Å². The molecule has 218 valence electrons.